The lowest BCUT2D eigenvalue weighted by Crippen LogP contribution is -2.50. The van der Waals surface area contributed by atoms with Crippen LogP contribution in [-0.2, 0) is 28.6 Å². The van der Waals surface area contributed by atoms with Crippen LogP contribution in [0.3, 0.4) is 0 Å². The molecule has 8 heteroatoms. The molecular weight excluding hydrogens is 751 g/mol. The highest BCUT2D eigenvalue weighted by Gasteiger charge is 2.31. The summed E-state index contributed by atoms with van der Waals surface area (Å²) < 4.78 is 17.3. The standard InChI is InChI=1S/C52H93NO7/c1-6-8-10-12-14-16-18-20-22-24-25-26-27-29-31-33-35-37-39-41-43-51(55)60-48(46-58-45-44-49(52(56)57)53(3,4)5)47-59-50(54)42-40-38-36-34-32-30-28-23-21-19-17-15-13-11-9-7-2/h16,18,20,22-23,28,30,32,48-49H,6-15,17,19,21,24-27,29,31,33-47H2,1-5H3/p+1/b18-16+,22-20+,28-23+,32-30+. The Hall–Kier alpha value is -2.71. The Morgan fingerprint density at radius 2 is 0.867 bits per heavy atom. The first kappa shape index (κ1) is 57.3. The number of hydrogen-bond acceptors (Lipinski definition) is 6. The van der Waals surface area contributed by atoms with Crippen molar-refractivity contribution in [3.63, 3.8) is 0 Å². The minimum atomic E-state index is -0.879. The number of ether oxygens (including phenoxy) is 3. The van der Waals surface area contributed by atoms with E-state index in [0.717, 1.165) is 51.4 Å². The molecule has 8 nitrogen and oxygen atoms in total. The smallest absolute Gasteiger partial charge is 0.362 e. The monoisotopic (exact) mass is 845 g/mol. The summed E-state index contributed by atoms with van der Waals surface area (Å²) in [5.41, 5.74) is 0. The summed E-state index contributed by atoms with van der Waals surface area (Å²) in [6, 6.07) is -0.620. The number of allylic oxidation sites excluding steroid dienone is 8. The summed E-state index contributed by atoms with van der Waals surface area (Å²) >= 11 is 0. The van der Waals surface area contributed by atoms with E-state index in [9.17, 15) is 19.5 Å². The Bertz CT molecular complexity index is 1120. The SMILES string of the molecule is CCCCCC/C=C/C=C/CCCCCCCCCCCCC(=O)OC(COCCC(C(=O)O)[N+](C)(C)C)COC(=O)CCCCC/C=C/C=C/CCCCCCCCC. The lowest BCUT2D eigenvalue weighted by Gasteiger charge is -2.31. The molecule has 0 aromatic rings. The molecule has 1 N–H and O–H groups in total. The third-order valence-corrected chi connectivity index (χ3v) is 11.0. The summed E-state index contributed by atoms with van der Waals surface area (Å²) in [7, 11) is 5.52. The highest BCUT2D eigenvalue weighted by Crippen LogP contribution is 2.15. The third-order valence-electron chi connectivity index (χ3n) is 11.0. The van der Waals surface area contributed by atoms with Crippen LogP contribution in [0.15, 0.2) is 48.6 Å². The van der Waals surface area contributed by atoms with Gasteiger partial charge in [-0.05, 0) is 64.2 Å². The van der Waals surface area contributed by atoms with Crippen molar-refractivity contribution in [2.75, 3.05) is 41.0 Å². The third kappa shape index (κ3) is 40.7. The van der Waals surface area contributed by atoms with Crippen molar-refractivity contribution < 1.29 is 38.2 Å². The fraction of sp³-hybridized carbons (Fsp3) is 0.788. The normalized spacial score (nSPS) is 13.3. The molecule has 2 unspecified atom stereocenters. The zero-order chi connectivity index (χ0) is 44.2. The molecule has 0 saturated heterocycles. The number of hydrogen-bond donors (Lipinski definition) is 1. The van der Waals surface area contributed by atoms with Gasteiger partial charge in [0.2, 0.25) is 0 Å². The molecule has 348 valence electrons. The average molecular weight is 845 g/mol. The number of carboxylic acids is 1. The molecular formula is C52H94NO7+. The molecule has 60 heavy (non-hydrogen) atoms. The first-order chi connectivity index (χ1) is 29.1. The number of nitrogens with zero attached hydrogens (tertiary/aromatic N) is 1. The quantitative estimate of drug-likeness (QED) is 0.0282. The van der Waals surface area contributed by atoms with Gasteiger partial charge in [-0.3, -0.25) is 9.59 Å². The van der Waals surface area contributed by atoms with Crippen LogP contribution in [0.4, 0.5) is 0 Å². The molecule has 0 aliphatic heterocycles. The molecule has 0 spiro atoms. The highest BCUT2D eigenvalue weighted by molar-refractivity contribution is 5.72. The molecule has 0 aliphatic carbocycles. The van der Waals surface area contributed by atoms with Crippen LogP contribution in [0.5, 0.6) is 0 Å². The topological polar surface area (TPSA) is 99.1 Å². The number of carboxylic acid groups (broad SMARTS) is 1. The largest absolute Gasteiger partial charge is 0.477 e. The van der Waals surface area contributed by atoms with E-state index in [4.69, 9.17) is 14.2 Å². The van der Waals surface area contributed by atoms with E-state index in [1.807, 2.05) is 21.1 Å². The van der Waals surface area contributed by atoms with E-state index < -0.39 is 18.1 Å². The predicted octanol–water partition coefficient (Wildman–Crippen LogP) is 14.0. The van der Waals surface area contributed by atoms with Crippen molar-refractivity contribution >= 4 is 17.9 Å². The van der Waals surface area contributed by atoms with Gasteiger partial charge in [-0.15, -0.1) is 0 Å². The molecule has 0 aromatic heterocycles. The molecule has 0 fully saturated rings. The number of esters is 2. The minimum Gasteiger partial charge on any atom is -0.477 e. The van der Waals surface area contributed by atoms with Gasteiger partial charge in [0, 0.05) is 19.3 Å². The maximum absolute atomic E-state index is 12.8. The van der Waals surface area contributed by atoms with Crippen molar-refractivity contribution in [1.29, 1.82) is 0 Å². The second-order valence-electron chi connectivity index (χ2n) is 17.8. The minimum absolute atomic E-state index is 0.0512. The predicted molar refractivity (Wildman–Crippen MR) is 252 cm³/mol. The fourth-order valence-corrected chi connectivity index (χ4v) is 7.13. The second-order valence-corrected chi connectivity index (χ2v) is 17.8. The maximum Gasteiger partial charge on any atom is 0.362 e. The highest BCUT2D eigenvalue weighted by atomic mass is 16.6. The number of rotatable bonds is 44. The Kier molecular flexibility index (Phi) is 41.0. The van der Waals surface area contributed by atoms with Gasteiger partial charge in [-0.2, -0.15) is 0 Å². The first-order valence-corrected chi connectivity index (χ1v) is 24.7. The van der Waals surface area contributed by atoms with Gasteiger partial charge in [-0.1, -0.05) is 178 Å². The van der Waals surface area contributed by atoms with Gasteiger partial charge in [-0.25, -0.2) is 4.79 Å². The van der Waals surface area contributed by atoms with Crippen LogP contribution in [-0.4, -0.2) is 80.6 Å². The molecule has 0 rings (SSSR count). The van der Waals surface area contributed by atoms with E-state index in [1.165, 1.54) is 128 Å². The Morgan fingerprint density at radius 3 is 1.28 bits per heavy atom. The van der Waals surface area contributed by atoms with Gasteiger partial charge in [0.25, 0.3) is 0 Å². The van der Waals surface area contributed by atoms with Gasteiger partial charge in [0.15, 0.2) is 12.1 Å². The second kappa shape index (κ2) is 43.0. The van der Waals surface area contributed by atoms with E-state index in [2.05, 4.69) is 62.5 Å². The zero-order valence-corrected chi connectivity index (χ0v) is 39.7. The van der Waals surface area contributed by atoms with Crippen LogP contribution in [0.2, 0.25) is 0 Å². The Morgan fingerprint density at radius 1 is 0.500 bits per heavy atom. The summed E-state index contributed by atoms with van der Waals surface area (Å²) in [5.74, 6) is -1.50. The molecule has 0 bridgehead atoms. The van der Waals surface area contributed by atoms with E-state index >= 15 is 0 Å². The van der Waals surface area contributed by atoms with Gasteiger partial charge >= 0.3 is 17.9 Å². The number of unbranched alkanes of at least 4 members (excludes halogenated alkanes) is 24. The molecule has 0 aromatic carbocycles. The molecule has 2 atom stereocenters. The van der Waals surface area contributed by atoms with Gasteiger partial charge in [0.1, 0.15) is 6.61 Å². The number of aliphatic carboxylic acids is 1. The fourth-order valence-electron chi connectivity index (χ4n) is 7.13. The summed E-state index contributed by atoms with van der Waals surface area (Å²) in [5, 5.41) is 9.64. The molecule has 0 heterocycles. The van der Waals surface area contributed by atoms with Crippen molar-refractivity contribution in [3.05, 3.63) is 48.6 Å². The number of likely N-dealkylation sites (N-methyl/N-ethyl adjacent to an activating group) is 1. The lowest BCUT2D eigenvalue weighted by atomic mass is 10.1. The van der Waals surface area contributed by atoms with Gasteiger partial charge in [0.05, 0.1) is 34.4 Å². The number of carbonyl (C=O) groups excluding carboxylic acids is 2. The maximum atomic E-state index is 12.8. The number of quaternary nitrogens is 1. The molecule has 0 aliphatic rings. The van der Waals surface area contributed by atoms with Crippen molar-refractivity contribution in [2.45, 2.75) is 225 Å². The van der Waals surface area contributed by atoms with Crippen LogP contribution >= 0.6 is 0 Å². The van der Waals surface area contributed by atoms with Crippen molar-refractivity contribution in [3.8, 4) is 0 Å². The molecule has 0 saturated carbocycles. The van der Waals surface area contributed by atoms with Crippen LogP contribution in [0.1, 0.15) is 213 Å². The Labute approximate surface area is 369 Å². The van der Waals surface area contributed by atoms with Crippen LogP contribution in [0, 0.1) is 0 Å². The lowest BCUT2D eigenvalue weighted by molar-refractivity contribution is -0.887. The van der Waals surface area contributed by atoms with E-state index in [0.29, 0.717) is 19.3 Å². The Balaban J connectivity index is 4.31. The number of carbonyl (C=O) groups is 3. The average Bonchev–Trinajstić information content (AvgIpc) is 3.21. The van der Waals surface area contributed by atoms with Crippen LogP contribution < -0.4 is 0 Å². The summed E-state index contributed by atoms with van der Waals surface area (Å²) in [6.45, 7) is 4.69. The summed E-state index contributed by atoms with van der Waals surface area (Å²) in [6.07, 6.45) is 51.5. The van der Waals surface area contributed by atoms with Gasteiger partial charge < -0.3 is 23.8 Å². The van der Waals surface area contributed by atoms with E-state index in [1.54, 1.807) is 0 Å². The molecule has 0 amide bonds. The first-order valence-electron chi connectivity index (χ1n) is 24.7. The summed E-state index contributed by atoms with van der Waals surface area (Å²) in [4.78, 5) is 37.1. The van der Waals surface area contributed by atoms with Crippen molar-refractivity contribution in [1.82, 2.24) is 0 Å². The van der Waals surface area contributed by atoms with Crippen molar-refractivity contribution in [2.24, 2.45) is 0 Å². The molecule has 0 radical (unpaired) electrons. The van der Waals surface area contributed by atoms with E-state index in [-0.39, 0.29) is 36.2 Å². The zero-order valence-electron chi connectivity index (χ0n) is 39.7. The van der Waals surface area contributed by atoms with Crippen LogP contribution in [0.25, 0.3) is 0 Å².